The van der Waals surface area contributed by atoms with Crippen molar-refractivity contribution in [3.63, 3.8) is 0 Å². The van der Waals surface area contributed by atoms with Crippen LogP contribution in [-0.2, 0) is 11.2 Å². The number of esters is 1. The van der Waals surface area contributed by atoms with Gasteiger partial charge in [-0.15, -0.1) is 0 Å². The lowest BCUT2D eigenvalue weighted by atomic mass is 10.2. The first-order valence-electron chi connectivity index (χ1n) is 8.07. The van der Waals surface area contributed by atoms with Crippen LogP contribution in [0.4, 0.5) is 0 Å². The Bertz CT molecular complexity index is 1180. The Morgan fingerprint density at radius 3 is 2.89 bits per heavy atom. The van der Waals surface area contributed by atoms with Crippen LogP contribution in [0.5, 0.6) is 0 Å². The number of pyridine rings is 1. The van der Waals surface area contributed by atoms with Gasteiger partial charge >= 0.3 is 5.97 Å². The first kappa shape index (κ1) is 16.6. The Morgan fingerprint density at radius 1 is 1.22 bits per heavy atom. The Kier molecular flexibility index (Phi) is 4.17. The largest absolute Gasteiger partial charge is 0.465 e. The van der Waals surface area contributed by atoms with Crippen molar-refractivity contribution in [3.05, 3.63) is 76.4 Å². The van der Waals surface area contributed by atoms with Gasteiger partial charge in [-0.2, -0.15) is 5.10 Å². The lowest BCUT2D eigenvalue weighted by Crippen LogP contribution is -2.26. The van der Waals surface area contributed by atoms with E-state index in [-0.39, 0.29) is 17.7 Å². The van der Waals surface area contributed by atoms with Crippen molar-refractivity contribution in [2.75, 3.05) is 7.11 Å². The third kappa shape index (κ3) is 3.06. The lowest BCUT2D eigenvalue weighted by molar-refractivity contribution is 0.0600. The molecule has 0 radical (unpaired) electrons. The minimum absolute atomic E-state index is 0.195. The van der Waals surface area contributed by atoms with Crippen LogP contribution in [0.2, 0.25) is 0 Å². The van der Waals surface area contributed by atoms with Crippen LogP contribution < -0.4 is 5.56 Å². The van der Waals surface area contributed by atoms with Gasteiger partial charge in [0.25, 0.3) is 5.56 Å². The number of benzene rings is 1. The normalized spacial score (nSPS) is 10.9. The topological polar surface area (TPSA) is 116 Å². The van der Waals surface area contributed by atoms with Gasteiger partial charge in [0.15, 0.2) is 5.65 Å². The maximum atomic E-state index is 13.1. The molecule has 9 nitrogen and oxygen atoms in total. The number of carbonyl (C=O) groups excluding carboxylic acids is 1. The zero-order valence-corrected chi connectivity index (χ0v) is 14.3. The number of hydrogen-bond donors (Lipinski definition) is 1. The van der Waals surface area contributed by atoms with Gasteiger partial charge < -0.3 is 4.74 Å². The molecule has 0 saturated carbocycles. The van der Waals surface area contributed by atoms with E-state index in [1.807, 2.05) is 0 Å². The van der Waals surface area contributed by atoms with Gasteiger partial charge in [-0.05, 0) is 30.3 Å². The lowest BCUT2D eigenvalue weighted by Gasteiger charge is -2.12. The molecule has 0 amide bonds. The second-order valence-electron chi connectivity index (χ2n) is 5.70. The van der Waals surface area contributed by atoms with Crippen LogP contribution in [0.3, 0.4) is 0 Å². The molecule has 0 aliphatic rings. The maximum absolute atomic E-state index is 13.1. The van der Waals surface area contributed by atoms with Crippen molar-refractivity contribution >= 4 is 17.1 Å². The van der Waals surface area contributed by atoms with Crippen molar-refractivity contribution in [2.24, 2.45) is 0 Å². The molecule has 0 fully saturated rings. The zero-order chi connectivity index (χ0) is 18.8. The highest BCUT2D eigenvalue weighted by Crippen LogP contribution is 2.16. The smallest absolute Gasteiger partial charge is 0.337 e. The number of aromatic amines is 1. The summed E-state index contributed by atoms with van der Waals surface area (Å²) in [4.78, 5) is 37.8. The van der Waals surface area contributed by atoms with Gasteiger partial charge in [-0.1, -0.05) is 6.07 Å². The van der Waals surface area contributed by atoms with E-state index in [0.29, 0.717) is 28.2 Å². The Balaban J connectivity index is 1.95. The minimum atomic E-state index is -0.488. The zero-order valence-electron chi connectivity index (χ0n) is 14.3. The fourth-order valence-corrected chi connectivity index (χ4v) is 2.79. The fourth-order valence-electron chi connectivity index (χ4n) is 2.79. The van der Waals surface area contributed by atoms with Crippen LogP contribution in [0.25, 0.3) is 16.9 Å². The van der Waals surface area contributed by atoms with E-state index in [4.69, 9.17) is 4.74 Å². The van der Waals surface area contributed by atoms with E-state index in [9.17, 15) is 9.59 Å². The van der Waals surface area contributed by atoms with E-state index < -0.39 is 5.97 Å². The molecular formula is C18H14N6O3. The third-order valence-corrected chi connectivity index (χ3v) is 4.01. The summed E-state index contributed by atoms with van der Waals surface area (Å²) >= 11 is 0. The Labute approximate surface area is 152 Å². The predicted molar refractivity (Wildman–Crippen MR) is 95.7 cm³/mol. The van der Waals surface area contributed by atoms with Crippen LogP contribution in [0, 0.1) is 0 Å². The molecule has 0 atom stereocenters. The fraction of sp³-hybridized carbons (Fsp3) is 0.111. The monoisotopic (exact) mass is 362 g/mol. The quantitative estimate of drug-likeness (QED) is 0.544. The second-order valence-corrected chi connectivity index (χ2v) is 5.70. The third-order valence-electron chi connectivity index (χ3n) is 4.01. The molecule has 27 heavy (non-hydrogen) atoms. The standard InChI is InChI=1S/C18H14N6O3/c1-27-18(26)11-4-2-5-12(8-11)24-16-13(6-3-7-19-16)22-14(17(24)25)9-15-20-10-21-23-15/h2-8,10H,9H2,1H3,(H,20,21,23). The number of methoxy groups -OCH3 is 1. The summed E-state index contributed by atoms with van der Waals surface area (Å²) in [6.07, 6.45) is 3.15. The summed E-state index contributed by atoms with van der Waals surface area (Å²) in [5.41, 5.74) is 1.71. The van der Waals surface area contributed by atoms with Crippen LogP contribution in [0.1, 0.15) is 21.9 Å². The maximum Gasteiger partial charge on any atom is 0.337 e. The van der Waals surface area contributed by atoms with Crippen molar-refractivity contribution in [1.82, 2.24) is 29.7 Å². The number of ether oxygens (including phenoxy) is 1. The summed E-state index contributed by atoms with van der Waals surface area (Å²) in [6.45, 7) is 0. The average molecular weight is 362 g/mol. The molecule has 9 heteroatoms. The van der Waals surface area contributed by atoms with E-state index in [0.717, 1.165) is 0 Å². The molecule has 0 aliphatic carbocycles. The number of hydrogen-bond acceptors (Lipinski definition) is 7. The minimum Gasteiger partial charge on any atom is -0.465 e. The molecule has 0 unspecified atom stereocenters. The molecule has 0 bridgehead atoms. The highest BCUT2D eigenvalue weighted by molar-refractivity contribution is 5.90. The van der Waals surface area contributed by atoms with Gasteiger partial charge in [0.1, 0.15) is 23.4 Å². The van der Waals surface area contributed by atoms with Crippen molar-refractivity contribution in [3.8, 4) is 5.69 Å². The molecule has 0 aliphatic heterocycles. The molecule has 0 spiro atoms. The van der Waals surface area contributed by atoms with E-state index in [1.54, 1.807) is 42.6 Å². The molecule has 1 N–H and O–H groups in total. The van der Waals surface area contributed by atoms with Crippen molar-refractivity contribution in [1.29, 1.82) is 0 Å². The first-order chi connectivity index (χ1) is 13.2. The number of aromatic nitrogens is 6. The number of carbonyl (C=O) groups is 1. The molecule has 3 heterocycles. The van der Waals surface area contributed by atoms with Gasteiger partial charge in [0, 0.05) is 6.20 Å². The van der Waals surface area contributed by atoms with E-state index in [1.165, 1.54) is 18.0 Å². The highest BCUT2D eigenvalue weighted by Gasteiger charge is 2.16. The van der Waals surface area contributed by atoms with Crippen LogP contribution >= 0.6 is 0 Å². The van der Waals surface area contributed by atoms with Crippen LogP contribution in [0.15, 0.2) is 53.7 Å². The molecular weight excluding hydrogens is 348 g/mol. The molecule has 3 aromatic heterocycles. The Hall–Kier alpha value is -3.88. The van der Waals surface area contributed by atoms with Gasteiger partial charge in [-0.3, -0.25) is 14.5 Å². The number of rotatable bonds is 4. The molecule has 134 valence electrons. The molecule has 1 aromatic carbocycles. The van der Waals surface area contributed by atoms with Crippen molar-refractivity contribution in [2.45, 2.75) is 6.42 Å². The van der Waals surface area contributed by atoms with Crippen LogP contribution in [-0.4, -0.2) is 42.8 Å². The van der Waals surface area contributed by atoms with Gasteiger partial charge in [-0.25, -0.2) is 19.7 Å². The van der Waals surface area contributed by atoms with Crippen molar-refractivity contribution < 1.29 is 9.53 Å². The molecule has 4 rings (SSSR count). The highest BCUT2D eigenvalue weighted by atomic mass is 16.5. The molecule has 0 saturated heterocycles. The number of H-pyrrole nitrogens is 1. The summed E-state index contributed by atoms with van der Waals surface area (Å²) in [6, 6.07) is 10.1. The summed E-state index contributed by atoms with van der Waals surface area (Å²) in [5, 5.41) is 6.52. The summed E-state index contributed by atoms with van der Waals surface area (Å²) in [5.74, 6) is 0.0378. The van der Waals surface area contributed by atoms with Gasteiger partial charge in [0.2, 0.25) is 0 Å². The second kappa shape index (κ2) is 6.79. The number of nitrogens with zero attached hydrogens (tertiary/aromatic N) is 5. The SMILES string of the molecule is COC(=O)c1cccc(-n2c(=O)c(Cc3ncn[nH]3)nc3cccnc32)c1. The average Bonchev–Trinajstić information content (AvgIpc) is 3.21. The summed E-state index contributed by atoms with van der Waals surface area (Å²) < 4.78 is 6.20. The number of nitrogens with one attached hydrogen (secondary N) is 1. The Morgan fingerprint density at radius 2 is 2.11 bits per heavy atom. The summed E-state index contributed by atoms with van der Waals surface area (Å²) in [7, 11) is 1.31. The van der Waals surface area contributed by atoms with E-state index >= 15 is 0 Å². The number of fused-ring (bicyclic) bond motifs is 1. The first-order valence-corrected chi connectivity index (χ1v) is 8.07. The molecule has 4 aromatic rings. The van der Waals surface area contributed by atoms with Gasteiger partial charge in [0.05, 0.1) is 24.8 Å². The van der Waals surface area contributed by atoms with E-state index in [2.05, 4.69) is 25.1 Å². The predicted octanol–water partition coefficient (Wildman–Crippen LogP) is 1.28.